The zero-order valence-corrected chi connectivity index (χ0v) is 10.6. The number of carbonyl (C=O) groups is 1. The number of aromatic amines is 1. The van der Waals surface area contributed by atoms with Crippen molar-refractivity contribution < 1.29 is 4.79 Å². The van der Waals surface area contributed by atoms with E-state index in [-0.39, 0.29) is 5.91 Å². The number of H-pyrrole nitrogens is 1. The van der Waals surface area contributed by atoms with Crippen molar-refractivity contribution in [3.8, 4) is 0 Å². The van der Waals surface area contributed by atoms with Crippen molar-refractivity contribution in [3.05, 3.63) is 60.4 Å². The highest BCUT2D eigenvalue weighted by Gasteiger charge is 1.99. The van der Waals surface area contributed by atoms with Gasteiger partial charge in [0.1, 0.15) is 5.82 Å². The third-order valence-corrected chi connectivity index (χ3v) is 2.78. The first-order valence-corrected chi connectivity index (χ1v) is 6.15. The third kappa shape index (κ3) is 2.72. The van der Waals surface area contributed by atoms with Crippen molar-refractivity contribution in [1.29, 1.82) is 0 Å². The Balaban J connectivity index is 1.75. The van der Waals surface area contributed by atoms with Crippen LogP contribution >= 0.6 is 0 Å². The van der Waals surface area contributed by atoms with Gasteiger partial charge in [0.05, 0.1) is 17.4 Å². The van der Waals surface area contributed by atoms with Crippen LogP contribution in [-0.4, -0.2) is 21.1 Å². The van der Waals surface area contributed by atoms with Crippen LogP contribution in [0.1, 0.15) is 5.69 Å². The molecular weight excluding hydrogens is 252 g/mol. The Morgan fingerprint density at radius 2 is 2.05 bits per heavy atom. The lowest BCUT2D eigenvalue weighted by molar-refractivity contribution is -0.111. The fourth-order valence-corrected chi connectivity index (χ4v) is 1.84. The van der Waals surface area contributed by atoms with Gasteiger partial charge in [0, 0.05) is 17.5 Å². The molecule has 0 aliphatic rings. The molecule has 0 aliphatic heterocycles. The first-order chi connectivity index (χ1) is 9.81. The van der Waals surface area contributed by atoms with Gasteiger partial charge in [-0.3, -0.25) is 9.89 Å². The second-order valence-corrected chi connectivity index (χ2v) is 4.22. The van der Waals surface area contributed by atoms with Crippen molar-refractivity contribution >= 4 is 28.7 Å². The van der Waals surface area contributed by atoms with Gasteiger partial charge in [-0.2, -0.15) is 5.10 Å². The van der Waals surface area contributed by atoms with Crippen molar-refractivity contribution in [2.24, 2.45) is 0 Å². The van der Waals surface area contributed by atoms with E-state index in [9.17, 15) is 4.79 Å². The van der Waals surface area contributed by atoms with Crippen LogP contribution in [0.4, 0.5) is 5.82 Å². The zero-order chi connectivity index (χ0) is 13.8. The number of fused-ring (bicyclic) bond motifs is 1. The van der Waals surface area contributed by atoms with Gasteiger partial charge in [-0.05, 0) is 18.2 Å². The Morgan fingerprint density at radius 1 is 1.15 bits per heavy atom. The zero-order valence-electron chi connectivity index (χ0n) is 10.6. The summed E-state index contributed by atoms with van der Waals surface area (Å²) in [4.78, 5) is 16.1. The van der Waals surface area contributed by atoms with E-state index in [1.807, 2.05) is 36.4 Å². The van der Waals surface area contributed by atoms with E-state index in [1.54, 1.807) is 18.3 Å². The molecule has 3 rings (SSSR count). The molecule has 2 aromatic heterocycles. The predicted octanol–water partition coefficient (Wildman–Crippen LogP) is 2.61. The Labute approximate surface area is 115 Å². The SMILES string of the molecule is O=C(/C=C/c1ccc2ccccc2n1)Nc1ccn[nH]1. The molecule has 0 fully saturated rings. The second kappa shape index (κ2) is 5.36. The molecule has 0 spiro atoms. The second-order valence-electron chi connectivity index (χ2n) is 4.22. The topological polar surface area (TPSA) is 70.7 Å². The minimum absolute atomic E-state index is 0.232. The minimum atomic E-state index is -0.232. The van der Waals surface area contributed by atoms with Gasteiger partial charge in [-0.25, -0.2) is 4.98 Å². The lowest BCUT2D eigenvalue weighted by Crippen LogP contribution is -2.07. The Hall–Kier alpha value is -2.95. The minimum Gasteiger partial charge on any atom is -0.307 e. The van der Waals surface area contributed by atoms with Crippen LogP contribution in [0.2, 0.25) is 0 Å². The molecule has 5 nitrogen and oxygen atoms in total. The van der Waals surface area contributed by atoms with Crippen LogP contribution in [0.5, 0.6) is 0 Å². The average Bonchev–Trinajstić information content (AvgIpc) is 2.98. The molecule has 3 aromatic rings. The standard InChI is InChI=1S/C15H12N4O/c20-15(18-14-9-10-16-19-14)8-7-12-6-5-11-3-1-2-4-13(11)17-12/h1-10H,(H2,16,18,19,20)/b8-7+. The van der Waals surface area contributed by atoms with E-state index < -0.39 is 0 Å². The Morgan fingerprint density at radius 3 is 2.90 bits per heavy atom. The van der Waals surface area contributed by atoms with Gasteiger partial charge in [0.15, 0.2) is 0 Å². The summed E-state index contributed by atoms with van der Waals surface area (Å²) in [6, 6.07) is 13.4. The molecule has 0 bridgehead atoms. The maximum absolute atomic E-state index is 11.7. The molecule has 0 unspecified atom stereocenters. The first kappa shape index (κ1) is 12.1. The Bertz CT molecular complexity index is 762. The number of benzene rings is 1. The highest BCUT2D eigenvalue weighted by atomic mass is 16.1. The molecule has 0 aliphatic carbocycles. The fourth-order valence-electron chi connectivity index (χ4n) is 1.84. The number of rotatable bonds is 3. The number of anilines is 1. The normalized spacial score (nSPS) is 11.0. The van der Waals surface area contributed by atoms with Crippen molar-refractivity contribution in [3.63, 3.8) is 0 Å². The molecule has 0 radical (unpaired) electrons. The number of para-hydroxylation sites is 1. The summed E-state index contributed by atoms with van der Waals surface area (Å²) < 4.78 is 0. The largest absolute Gasteiger partial charge is 0.307 e. The monoisotopic (exact) mass is 264 g/mol. The lowest BCUT2D eigenvalue weighted by Gasteiger charge is -1.99. The van der Waals surface area contributed by atoms with E-state index in [0.717, 1.165) is 16.6 Å². The van der Waals surface area contributed by atoms with Crippen LogP contribution in [0.15, 0.2) is 54.7 Å². The van der Waals surface area contributed by atoms with Gasteiger partial charge in [0.2, 0.25) is 5.91 Å². The quantitative estimate of drug-likeness (QED) is 0.714. The molecule has 5 heteroatoms. The van der Waals surface area contributed by atoms with Crippen LogP contribution in [0.3, 0.4) is 0 Å². The van der Waals surface area contributed by atoms with Gasteiger partial charge in [-0.1, -0.05) is 24.3 Å². The third-order valence-electron chi connectivity index (χ3n) is 2.78. The smallest absolute Gasteiger partial charge is 0.249 e. The molecule has 1 amide bonds. The number of nitrogens with zero attached hydrogens (tertiary/aromatic N) is 2. The maximum atomic E-state index is 11.7. The predicted molar refractivity (Wildman–Crippen MR) is 78.0 cm³/mol. The molecule has 2 heterocycles. The van der Waals surface area contributed by atoms with E-state index in [1.165, 1.54) is 6.08 Å². The summed E-state index contributed by atoms with van der Waals surface area (Å²) >= 11 is 0. The fraction of sp³-hybridized carbons (Fsp3) is 0. The highest BCUT2D eigenvalue weighted by Crippen LogP contribution is 2.12. The number of pyridine rings is 1. The maximum Gasteiger partial charge on any atom is 0.249 e. The van der Waals surface area contributed by atoms with Crippen molar-refractivity contribution in [1.82, 2.24) is 15.2 Å². The van der Waals surface area contributed by atoms with Crippen LogP contribution in [0, 0.1) is 0 Å². The summed E-state index contributed by atoms with van der Waals surface area (Å²) in [6.07, 6.45) is 4.69. The molecule has 98 valence electrons. The highest BCUT2D eigenvalue weighted by molar-refractivity contribution is 6.01. The van der Waals surface area contributed by atoms with Gasteiger partial charge in [-0.15, -0.1) is 0 Å². The number of aromatic nitrogens is 3. The summed E-state index contributed by atoms with van der Waals surface area (Å²) in [7, 11) is 0. The first-order valence-electron chi connectivity index (χ1n) is 6.15. The number of hydrogen-bond acceptors (Lipinski definition) is 3. The molecule has 0 saturated carbocycles. The van der Waals surface area contributed by atoms with Gasteiger partial charge >= 0.3 is 0 Å². The average molecular weight is 264 g/mol. The van der Waals surface area contributed by atoms with Crippen LogP contribution in [0.25, 0.3) is 17.0 Å². The van der Waals surface area contributed by atoms with Crippen LogP contribution < -0.4 is 5.32 Å². The van der Waals surface area contributed by atoms with E-state index >= 15 is 0 Å². The molecule has 20 heavy (non-hydrogen) atoms. The lowest BCUT2D eigenvalue weighted by atomic mass is 10.2. The molecule has 0 saturated heterocycles. The molecule has 1 aromatic carbocycles. The number of hydrogen-bond donors (Lipinski definition) is 2. The van der Waals surface area contributed by atoms with Gasteiger partial charge < -0.3 is 5.32 Å². The van der Waals surface area contributed by atoms with E-state index in [2.05, 4.69) is 20.5 Å². The number of nitrogens with one attached hydrogen (secondary N) is 2. The summed E-state index contributed by atoms with van der Waals surface area (Å²) in [5.74, 6) is 0.329. The van der Waals surface area contributed by atoms with E-state index in [4.69, 9.17) is 0 Å². The van der Waals surface area contributed by atoms with E-state index in [0.29, 0.717) is 5.82 Å². The molecule has 0 atom stereocenters. The summed E-state index contributed by atoms with van der Waals surface area (Å²) in [5, 5.41) is 10.1. The van der Waals surface area contributed by atoms with Crippen LogP contribution in [-0.2, 0) is 4.79 Å². The number of carbonyl (C=O) groups excluding carboxylic acids is 1. The molecule has 2 N–H and O–H groups in total. The molecular formula is C15H12N4O. The van der Waals surface area contributed by atoms with Gasteiger partial charge in [0.25, 0.3) is 0 Å². The Kier molecular flexibility index (Phi) is 3.24. The summed E-state index contributed by atoms with van der Waals surface area (Å²) in [6.45, 7) is 0. The van der Waals surface area contributed by atoms with Crippen molar-refractivity contribution in [2.75, 3.05) is 5.32 Å². The van der Waals surface area contributed by atoms with Crippen molar-refractivity contribution in [2.45, 2.75) is 0 Å². The summed E-state index contributed by atoms with van der Waals surface area (Å²) in [5.41, 5.74) is 1.65. The number of amides is 1.